The SMILES string of the molecule is CCC(=O)N1CCC(NC(=NC)NCC(C)(C)SC)C1. The average molecular weight is 300 g/mol. The Morgan fingerprint density at radius 1 is 1.50 bits per heavy atom. The molecule has 1 aliphatic rings. The molecule has 1 saturated heterocycles. The maximum atomic E-state index is 11.7. The predicted octanol–water partition coefficient (Wildman–Crippen LogP) is 1.30. The summed E-state index contributed by atoms with van der Waals surface area (Å²) >= 11 is 1.83. The van der Waals surface area contributed by atoms with E-state index >= 15 is 0 Å². The highest BCUT2D eigenvalue weighted by atomic mass is 32.2. The van der Waals surface area contributed by atoms with E-state index in [4.69, 9.17) is 0 Å². The first-order chi connectivity index (χ1) is 9.41. The fourth-order valence-electron chi connectivity index (χ4n) is 2.08. The van der Waals surface area contributed by atoms with Gasteiger partial charge in [-0.3, -0.25) is 9.79 Å². The number of nitrogens with zero attached hydrogens (tertiary/aromatic N) is 2. The van der Waals surface area contributed by atoms with Gasteiger partial charge in [0.25, 0.3) is 0 Å². The molecule has 1 aliphatic heterocycles. The van der Waals surface area contributed by atoms with Gasteiger partial charge in [0.15, 0.2) is 5.96 Å². The van der Waals surface area contributed by atoms with Gasteiger partial charge in [-0.05, 0) is 26.5 Å². The van der Waals surface area contributed by atoms with E-state index in [0.29, 0.717) is 12.5 Å². The van der Waals surface area contributed by atoms with Crippen molar-refractivity contribution in [3.63, 3.8) is 0 Å². The van der Waals surface area contributed by atoms with Gasteiger partial charge in [0.1, 0.15) is 0 Å². The summed E-state index contributed by atoms with van der Waals surface area (Å²) in [6.45, 7) is 8.80. The Hall–Kier alpha value is -0.910. The van der Waals surface area contributed by atoms with Gasteiger partial charge in [-0.15, -0.1) is 0 Å². The van der Waals surface area contributed by atoms with Gasteiger partial charge in [0, 0.05) is 43.9 Å². The summed E-state index contributed by atoms with van der Waals surface area (Å²) in [6.07, 6.45) is 3.68. The molecule has 116 valence electrons. The molecular weight excluding hydrogens is 272 g/mol. The number of thioether (sulfide) groups is 1. The molecule has 0 bridgehead atoms. The van der Waals surface area contributed by atoms with E-state index in [-0.39, 0.29) is 10.7 Å². The number of aliphatic imine (C=N–C) groups is 1. The number of likely N-dealkylation sites (tertiary alicyclic amines) is 1. The standard InChI is InChI=1S/C14H28N4OS/c1-6-12(19)18-8-7-11(9-18)17-13(15-4)16-10-14(2,3)20-5/h11H,6-10H2,1-5H3,(H2,15,16,17). The lowest BCUT2D eigenvalue weighted by Gasteiger charge is -2.25. The Balaban J connectivity index is 2.41. The van der Waals surface area contributed by atoms with Crippen LogP contribution in [0, 0.1) is 0 Å². The third-order valence-electron chi connectivity index (χ3n) is 3.64. The highest BCUT2D eigenvalue weighted by Gasteiger charge is 2.26. The summed E-state index contributed by atoms with van der Waals surface area (Å²) in [5.41, 5.74) is 0. The van der Waals surface area contributed by atoms with Crippen LogP contribution in [0.1, 0.15) is 33.6 Å². The molecule has 1 atom stereocenters. The van der Waals surface area contributed by atoms with E-state index in [1.165, 1.54) is 0 Å². The van der Waals surface area contributed by atoms with Crippen LogP contribution >= 0.6 is 11.8 Å². The maximum Gasteiger partial charge on any atom is 0.222 e. The lowest BCUT2D eigenvalue weighted by Crippen LogP contribution is -2.48. The van der Waals surface area contributed by atoms with E-state index in [1.54, 1.807) is 7.05 Å². The second-order valence-corrected chi connectivity index (χ2v) is 7.23. The number of hydrogen-bond acceptors (Lipinski definition) is 3. The van der Waals surface area contributed by atoms with Gasteiger partial charge in [-0.2, -0.15) is 11.8 Å². The van der Waals surface area contributed by atoms with Crippen LogP contribution in [-0.2, 0) is 4.79 Å². The quantitative estimate of drug-likeness (QED) is 0.594. The summed E-state index contributed by atoms with van der Waals surface area (Å²) in [6, 6.07) is 0.300. The van der Waals surface area contributed by atoms with Crippen molar-refractivity contribution in [1.29, 1.82) is 0 Å². The number of rotatable bonds is 5. The molecule has 6 heteroatoms. The molecule has 5 nitrogen and oxygen atoms in total. The zero-order valence-corrected chi connectivity index (χ0v) is 14.1. The minimum atomic E-state index is 0.178. The molecule has 0 aromatic heterocycles. The summed E-state index contributed by atoms with van der Waals surface area (Å²) in [5.74, 6) is 1.06. The largest absolute Gasteiger partial charge is 0.355 e. The fraction of sp³-hybridized carbons (Fsp3) is 0.857. The molecule has 2 N–H and O–H groups in total. The number of nitrogens with one attached hydrogen (secondary N) is 2. The zero-order valence-electron chi connectivity index (χ0n) is 13.3. The van der Waals surface area contributed by atoms with Crippen LogP contribution in [0.2, 0.25) is 0 Å². The van der Waals surface area contributed by atoms with E-state index in [1.807, 2.05) is 23.6 Å². The molecule has 1 heterocycles. The van der Waals surface area contributed by atoms with Crippen LogP contribution in [0.3, 0.4) is 0 Å². The summed E-state index contributed by atoms with van der Waals surface area (Å²) in [5, 5.41) is 6.77. The van der Waals surface area contributed by atoms with Gasteiger partial charge in [0.2, 0.25) is 5.91 Å². The molecule has 0 aromatic rings. The number of amides is 1. The first-order valence-corrected chi connectivity index (χ1v) is 8.44. The number of guanidine groups is 1. The minimum absolute atomic E-state index is 0.178. The Labute approximate surface area is 127 Å². The minimum Gasteiger partial charge on any atom is -0.355 e. The Morgan fingerprint density at radius 3 is 2.75 bits per heavy atom. The van der Waals surface area contributed by atoms with Crippen LogP contribution in [0.25, 0.3) is 0 Å². The normalized spacial score (nSPS) is 20.1. The second kappa shape index (κ2) is 7.76. The van der Waals surface area contributed by atoms with Crippen LogP contribution in [0.5, 0.6) is 0 Å². The number of hydrogen-bond donors (Lipinski definition) is 2. The third-order valence-corrected chi connectivity index (χ3v) is 4.89. The fourth-order valence-corrected chi connectivity index (χ4v) is 2.30. The van der Waals surface area contributed by atoms with Crippen molar-refractivity contribution < 1.29 is 4.79 Å². The first kappa shape index (κ1) is 17.1. The van der Waals surface area contributed by atoms with E-state index in [0.717, 1.165) is 32.0 Å². The van der Waals surface area contributed by atoms with E-state index in [2.05, 4.69) is 35.7 Å². The summed E-state index contributed by atoms with van der Waals surface area (Å²) in [7, 11) is 1.78. The van der Waals surface area contributed by atoms with Gasteiger partial charge < -0.3 is 15.5 Å². The van der Waals surface area contributed by atoms with Gasteiger partial charge in [-0.1, -0.05) is 6.92 Å². The number of carbonyl (C=O) groups excluding carboxylic acids is 1. The topological polar surface area (TPSA) is 56.7 Å². The first-order valence-electron chi connectivity index (χ1n) is 7.22. The van der Waals surface area contributed by atoms with Crippen molar-refractivity contribution in [1.82, 2.24) is 15.5 Å². The van der Waals surface area contributed by atoms with Crippen LogP contribution < -0.4 is 10.6 Å². The molecule has 1 fully saturated rings. The zero-order chi connectivity index (χ0) is 15.2. The van der Waals surface area contributed by atoms with E-state index in [9.17, 15) is 4.79 Å². The molecule has 0 aliphatic carbocycles. The van der Waals surface area contributed by atoms with Crippen molar-refractivity contribution in [2.45, 2.75) is 44.4 Å². The third kappa shape index (κ3) is 5.23. The Bertz CT molecular complexity index is 357. The molecule has 0 saturated carbocycles. The number of carbonyl (C=O) groups is 1. The summed E-state index contributed by atoms with van der Waals surface area (Å²) < 4.78 is 0.178. The molecule has 0 radical (unpaired) electrons. The van der Waals surface area contributed by atoms with Gasteiger partial charge in [0.05, 0.1) is 0 Å². The monoisotopic (exact) mass is 300 g/mol. The van der Waals surface area contributed by atoms with Crippen molar-refractivity contribution in [2.75, 3.05) is 32.9 Å². The van der Waals surface area contributed by atoms with E-state index < -0.39 is 0 Å². The molecule has 1 amide bonds. The smallest absolute Gasteiger partial charge is 0.222 e. The Morgan fingerprint density at radius 2 is 2.20 bits per heavy atom. The van der Waals surface area contributed by atoms with Crippen LogP contribution in [0.4, 0.5) is 0 Å². The lowest BCUT2D eigenvalue weighted by molar-refractivity contribution is -0.129. The molecule has 1 unspecified atom stereocenters. The highest BCUT2D eigenvalue weighted by molar-refractivity contribution is 7.99. The van der Waals surface area contributed by atoms with Crippen LogP contribution in [0.15, 0.2) is 4.99 Å². The van der Waals surface area contributed by atoms with Crippen molar-refractivity contribution in [3.05, 3.63) is 0 Å². The maximum absolute atomic E-state index is 11.7. The predicted molar refractivity (Wildman–Crippen MR) is 87.4 cm³/mol. The molecular formula is C14H28N4OS. The van der Waals surface area contributed by atoms with Gasteiger partial charge >= 0.3 is 0 Å². The Kier molecular flexibility index (Phi) is 6.65. The molecule has 0 spiro atoms. The highest BCUT2D eigenvalue weighted by Crippen LogP contribution is 2.19. The average Bonchev–Trinajstić information content (AvgIpc) is 2.91. The second-order valence-electron chi connectivity index (χ2n) is 5.71. The lowest BCUT2D eigenvalue weighted by atomic mass is 10.2. The van der Waals surface area contributed by atoms with Crippen LogP contribution in [-0.4, -0.2) is 60.5 Å². The van der Waals surface area contributed by atoms with Gasteiger partial charge in [-0.25, -0.2) is 0 Å². The molecule has 0 aromatic carbocycles. The molecule has 1 rings (SSSR count). The molecule has 20 heavy (non-hydrogen) atoms. The van der Waals surface area contributed by atoms with Crippen molar-refractivity contribution >= 4 is 23.6 Å². The summed E-state index contributed by atoms with van der Waals surface area (Å²) in [4.78, 5) is 17.8. The van der Waals surface area contributed by atoms with Crippen molar-refractivity contribution in [2.24, 2.45) is 4.99 Å². The van der Waals surface area contributed by atoms with Crippen molar-refractivity contribution in [3.8, 4) is 0 Å².